The van der Waals surface area contributed by atoms with E-state index in [1.807, 2.05) is 30.9 Å². The average Bonchev–Trinajstić information content (AvgIpc) is 3.18. The number of carbonyl (C=O) groups excluding carboxylic acids is 1. The van der Waals surface area contributed by atoms with E-state index in [2.05, 4.69) is 11.2 Å². The topological polar surface area (TPSA) is 47.4 Å². The van der Waals surface area contributed by atoms with Gasteiger partial charge >= 0.3 is 0 Å². The van der Waals surface area contributed by atoms with Gasteiger partial charge in [0.05, 0.1) is 30.3 Å². The van der Waals surface area contributed by atoms with Crippen molar-refractivity contribution in [1.29, 1.82) is 0 Å². The third-order valence-corrected chi connectivity index (χ3v) is 5.37. The molecule has 0 atom stereocenters. The van der Waals surface area contributed by atoms with Crippen molar-refractivity contribution in [1.82, 2.24) is 14.7 Å². The molecule has 0 radical (unpaired) electrons. The van der Waals surface area contributed by atoms with E-state index in [9.17, 15) is 9.18 Å². The summed E-state index contributed by atoms with van der Waals surface area (Å²) in [6.45, 7) is 5.27. The summed E-state index contributed by atoms with van der Waals surface area (Å²) in [7, 11) is 1.65. The summed E-state index contributed by atoms with van der Waals surface area (Å²) >= 11 is 0. The van der Waals surface area contributed by atoms with Gasteiger partial charge in [0, 0.05) is 13.1 Å². The van der Waals surface area contributed by atoms with Crippen LogP contribution in [0.5, 0.6) is 5.75 Å². The van der Waals surface area contributed by atoms with Crippen molar-refractivity contribution >= 4 is 5.91 Å². The number of hydrogen-bond donors (Lipinski definition) is 0. The Morgan fingerprint density at radius 1 is 1.14 bits per heavy atom. The van der Waals surface area contributed by atoms with Gasteiger partial charge in [-0.15, -0.1) is 0 Å². The van der Waals surface area contributed by atoms with Gasteiger partial charge in [-0.2, -0.15) is 5.10 Å². The number of rotatable bonds is 4. The van der Waals surface area contributed by atoms with Gasteiger partial charge in [-0.1, -0.05) is 19.9 Å². The fraction of sp³-hybridized carbons (Fsp3) is 0.304. The fourth-order valence-corrected chi connectivity index (χ4v) is 3.87. The summed E-state index contributed by atoms with van der Waals surface area (Å²) in [5, 5.41) is 4.45. The van der Waals surface area contributed by atoms with Crippen molar-refractivity contribution in [3.8, 4) is 11.4 Å². The average molecular weight is 393 g/mol. The lowest BCUT2D eigenvalue weighted by Crippen LogP contribution is -2.36. The normalized spacial score (nSPS) is 13.5. The summed E-state index contributed by atoms with van der Waals surface area (Å²) in [5.41, 5.74) is 4.53. The Labute approximate surface area is 169 Å². The summed E-state index contributed by atoms with van der Waals surface area (Å²) in [6, 6.07) is 12.2. The fourth-order valence-electron chi connectivity index (χ4n) is 3.87. The van der Waals surface area contributed by atoms with Gasteiger partial charge in [0.2, 0.25) is 0 Å². The van der Waals surface area contributed by atoms with Crippen LogP contribution in [-0.2, 0) is 13.0 Å². The molecule has 0 N–H and O–H groups in total. The minimum absolute atomic E-state index is 0.0319. The van der Waals surface area contributed by atoms with E-state index in [1.54, 1.807) is 30.1 Å². The summed E-state index contributed by atoms with van der Waals surface area (Å²) < 4.78 is 20.4. The summed E-state index contributed by atoms with van der Waals surface area (Å²) in [4.78, 5) is 15.2. The SMILES string of the molecule is COc1ccc2c(c1)CN(C(=O)c1cnn(-c3ccc(F)cc3)c1C(C)C)CC2. The lowest BCUT2D eigenvalue weighted by atomic mass is 9.98. The first-order valence-corrected chi connectivity index (χ1v) is 9.77. The molecule has 0 unspecified atom stereocenters. The Bertz CT molecular complexity index is 1040. The van der Waals surface area contributed by atoms with Crippen molar-refractivity contribution in [2.75, 3.05) is 13.7 Å². The quantitative estimate of drug-likeness (QED) is 0.662. The molecule has 0 aliphatic carbocycles. The monoisotopic (exact) mass is 393 g/mol. The van der Waals surface area contributed by atoms with Gasteiger partial charge in [0.25, 0.3) is 5.91 Å². The van der Waals surface area contributed by atoms with Crippen LogP contribution in [0.25, 0.3) is 5.69 Å². The lowest BCUT2D eigenvalue weighted by molar-refractivity contribution is 0.0733. The number of nitrogens with zero attached hydrogens (tertiary/aromatic N) is 3. The van der Waals surface area contributed by atoms with Gasteiger partial charge < -0.3 is 9.64 Å². The number of aromatic nitrogens is 2. The van der Waals surface area contributed by atoms with Crippen LogP contribution in [0.2, 0.25) is 0 Å². The molecule has 0 fully saturated rings. The van der Waals surface area contributed by atoms with Crippen LogP contribution in [0.4, 0.5) is 4.39 Å². The highest BCUT2D eigenvalue weighted by Gasteiger charge is 2.27. The van der Waals surface area contributed by atoms with E-state index in [4.69, 9.17) is 4.74 Å². The van der Waals surface area contributed by atoms with Crippen LogP contribution in [0.1, 0.15) is 46.9 Å². The molecule has 1 amide bonds. The summed E-state index contributed by atoms with van der Waals surface area (Å²) in [5.74, 6) is 0.546. The van der Waals surface area contributed by atoms with E-state index in [-0.39, 0.29) is 17.6 Å². The third kappa shape index (κ3) is 3.62. The van der Waals surface area contributed by atoms with Crippen LogP contribution in [0.15, 0.2) is 48.7 Å². The molecule has 4 rings (SSSR count). The van der Waals surface area contributed by atoms with Gasteiger partial charge in [0.15, 0.2) is 0 Å². The Morgan fingerprint density at radius 2 is 1.90 bits per heavy atom. The molecule has 2 heterocycles. The number of fused-ring (bicyclic) bond motifs is 1. The van der Waals surface area contributed by atoms with Crippen molar-refractivity contribution in [3.05, 3.63) is 76.9 Å². The zero-order valence-electron chi connectivity index (χ0n) is 16.9. The second-order valence-electron chi connectivity index (χ2n) is 7.60. The van der Waals surface area contributed by atoms with Crippen molar-refractivity contribution < 1.29 is 13.9 Å². The Hall–Kier alpha value is -3.15. The Balaban J connectivity index is 1.66. The zero-order valence-corrected chi connectivity index (χ0v) is 16.9. The molecule has 0 spiro atoms. The maximum absolute atomic E-state index is 13.4. The van der Waals surface area contributed by atoms with Crippen LogP contribution < -0.4 is 4.74 Å². The van der Waals surface area contributed by atoms with Gasteiger partial charge in [-0.3, -0.25) is 4.79 Å². The number of amides is 1. The predicted molar refractivity (Wildman–Crippen MR) is 109 cm³/mol. The number of halogens is 1. The predicted octanol–water partition coefficient (Wildman–Crippen LogP) is 4.34. The Kier molecular flexibility index (Phi) is 5.09. The first-order chi connectivity index (χ1) is 14.0. The minimum atomic E-state index is -0.300. The first kappa shape index (κ1) is 19.2. The van der Waals surface area contributed by atoms with Crippen LogP contribution in [0, 0.1) is 5.82 Å². The van der Waals surface area contributed by atoms with E-state index >= 15 is 0 Å². The van der Waals surface area contributed by atoms with E-state index < -0.39 is 0 Å². The highest BCUT2D eigenvalue weighted by molar-refractivity contribution is 5.95. The van der Waals surface area contributed by atoms with E-state index in [1.165, 1.54) is 17.7 Å². The second kappa shape index (κ2) is 7.70. The molecule has 0 saturated heterocycles. The number of benzene rings is 2. The van der Waals surface area contributed by atoms with Crippen LogP contribution in [-0.4, -0.2) is 34.2 Å². The molecule has 1 aliphatic heterocycles. The molecule has 1 aliphatic rings. The number of methoxy groups -OCH3 is 1. The zero-order chi connectivity index (χ0) is 20.5. The molecule has 1 aromatic heterocycles. The van der Waals surface area contributed by atoms with E-state index in [0.29, 0.717) is 18.7 Å². The second-order valence-corrected chi connectivity index (χ2v) is 7.60. The summed E-state index contributed by atoms with van der Waals surface area (Å²) in [6.07, 6.45) is 2.44. The molecule has 3 aromatic rings. The minimum Gasteiger partial charge on any atom is -0.497 e. The maximum atomic E-state index is 13.4. The highest BCUT2D eigenvalue weighted by atomic mass is 19.1. The third-order valence-electron chi connectivity index (χ3n) is 5.37. The first-order valence-electron chi connectivity index (χ1n) is 9.77. The molecule has 6 heteroatoms. The molecule has 150 valence electrons. The molecule has 29 heavy (non-hydrogen) atoms. The van der Waals surface area contributed by atoms with Gasteiger partial charge in [0.1, 0.15) is 11.6 Å². The molecule has 0 saturated carbocycles. The molecule has 5 nitrogen and oxygen atoms in total. The van der Waals surface area contributed by atoms with E-state index in [0.717, 1.165) is 29.1 Å². The number of ether oxygens (including phenoxy) is 1. The molecular weight excluding hydrogens is 369 g/mol. The highest BCUT2D eigenvalue weighted by Crippen LogP contribution is 2.28. The van der Waals surface area contributed by atoms with Crippen LogP contribution in [0.3, 0.4) is 0 Å². The van der Waals surface area contributed by atoms with Crippen LogP contribution >= 0.6 is 0 Å². The molecular formula is C23H24FN3O2. The van der Waals surface area contributed by atoms with Crippen molar-refractivity contribution in [2.24, 2.45) is 0 Å². The maximum Gasteiger partial charge on any atom is 0.257 e. The smallest absolute Gasteiger partial charge is 0.257 e. The molecule has 2 aromatic carbocycles. The number of carbonyl (C=O) groups is 1. The lowest BCUT2D eigenvalue weighted by Gasteiger charge is -2.29. The molecule has 0 bridgehead atoms. The van der Waals surface area contributed by atoms with Gasteiger partial charge in [-0.05, 0) is 59.9 Å². The Morgan fingerprint density at radius 3 is 2.59 bits per heavy atom. The largest absolute Gasteiger partial charge is 0.497 e. The van der Waals surface area contributed by atoms with Crippen molar-refractivity contribution in [3.63, 3.8) is 0 Å². The van der Waals surface area contributed by atoms with Gasteiger partial charge in [-0.25, -0.2) is 9.07 Å². The number of hydrogen-bond acceptors (Lipinski definition) is 3. The standard InChI is InChI=1S/C23H24FN3O2/c1-15(2)22-21(13-25-27(22)19-7-5-18(24)6-8-19)23(28)26-11-10-16-4-9-20(29-3)12-17(16)14-26/h4-9,12-13,15H,10-11,14H2,1-3H3. The van der Waals surface area contributed by atoms with Crippen molar-refractivity contribution in [2.45, 2.75) is 32.7 Å².